The number of piperazine rings is 1. The molecule has 3 aromatic rings. The number of nitrogens with one attached hydrogen (secondary N) is 1. The van der Waals surface area contributed by atoms with Gasteiger partial charge in [-0.15, -0.1) is 0 Å². The normalized spacial score (nSPS) is 18.3. The second kappa shape index (κ2) is 8.28. The summed E-state index contributed by atoms with van der Waals surface area (Å²) in [6.07, 6.45) is 5.86. The summed E-state index contributed by atoms with van der Waals surface area (Å²) in [5, 5.41) is 17.6. The molecule has 3 heterocycles. The Balaban J connectivity index is 1.40. The van der Waals surface area contributed by atoms with Crippen molar-refractivity contribution < 1.29 is 9.90 Å². The maximum Gasteiger partial charge on any atom is 0.255 e. The number of rotatable bonds is 6. The highest BCUT2D eigenvalue weighted by Gasteiger charge is 2.33. The number of carbonyl (C=O) groups is 1. The first-order valence-corrected chi connectivity index (χ1v) is 10.9. The lowest BCUT2D eigenvalue weighted by Crippen LogP contribution is -2.49. The van der Waals surface area contributed by atoms with E-state index in [1.165, 1.54) is 19.2 Å². The molecule has 1 aromatic carbocycles. The van der Waals surface area contributed by atoms with Crippen LogP contribution in [0.4, 0.5) is 5.82 Å². The minimum Gasteiger partial charge on any atom is -0.394 e. The minimum atomic E-state index is -0.302. The van der Waals surface area contributed by atoms with Crippen LogP contribution in [0.2, 0.25) is 0 Å². The average molecular weight is 421 g/mol. The van der Waals surface area contributed by atoms with Crippen LogP contribution < -0.4 is 5.32 Å². The van der Waals surface area contributed by atoms with Gasteiger partial charge in [-0.25, -0.2) is 9.50 Å². The molecule has 1 aliphatic heterocycles. The second-order valence-electron chi connectivity index (χ2n) is 8.42. The lowest BCUT2D eigenvalue weighted by Gasteiger charge is -2.34. The summed E-state index contributed by atoms with van der Waals surface area (Å²) in [6, 6.07) is 10.2. The van der Waals surface area contributed by atoms with E-state index in [0.29, 0.717) is 11.4 Å². The molecule has 1 saturated carbocycles. The van der Waals surface area contributed by atoms with Crippen LogP contribution in [0.25, 0.3) is 5.52 Å². The number of fused-ring (bicyclic) bond motifs is 1. The van der Waals surface area contributed by atoms with Gasteiger partial charge in [0.25, 0.3) is 5.91 Å². The summed E-state index contributed by atoms with van der Waals surface area (Å²) in [5.41, 5.74) is 3.24. The number of aryl methyl sites for hydroxylation is 1. The first kappa shape index (κ1) is 20.0. The molecular weight excluding hydrogens is 392 g/mol. The lowest BCUT2D eigenvalue weighted by molar-refractivity contribution is 0.0626. The molecule has 1 saturated heterocycles. The van der Waals surface area contributed by atoms with Gasteiger partial charge in [0.05, 0.1) is 18.2 Å². The molecule has 1 atom stereocenters. The summed E-state index contributed by atoms with van der Waals surface area (Å²) in [5.74, 6) is 0.652. The van der Waals surface area contributed by atoms with Crippen LogP contribution >= 0.6 is 0 Å². The molecule has 8 heteroatoms. The molecule has 8 nitrogen and oxygen atoms in total. The number of hydrogen-bond acceptors (Lipinski definition) is 6. The zero-order valence-electron chi connectivity index (χ0n) is 17.7. The van der Waals surface area contributed by atoms with Crippen LogP contribution in [0.5, 0.6) is 0 Å². The number of hydrogen-bond donors (Lipinski definition) is 2. The van der Waals surface area contributed by atoms with Gasteiger partial charge in [0.15, 0.2) is 5.82 Å². The molecule has 0 bridgehead atoms. The molecule has 2 N–H and O–H groups in total. The molecule has 2 fully saturated rings. The van der Waals surface area contributed by atoms with E-state index < -0.39 is 0 Å². The van der Waals surface area contributed by atoms with Gasteiger partial charge in [0.2, 0.25) is 0 Å². The molecule has 2 aliphatic rings. The van der Waals surface area contributed by atoms with Crippen LogP contribution in [0.1, 0.15) is 40.4 Å². The first-order chi connectivity index (χ1) is 15.2. The summed E-state index contributed by atoms with van der Waals surface area (Å²) in [6.45, 7) is 5.29. The average Bonchev–Trinajstić information content (AvgIpc) is 3.61. The second-order valence-corrected chi connectivity index (χ2v) is 8.42. The first-order valence-electron chi connectivity index (χ1n) is 10.9. The smallest absolute Gasteiger partial charge is 0.255 e. The molecule has 0 radical (unpaired) electrons. The third-order valence-corrected chi connectivity index (χ3v) is 6.42. The number of carbonyl (C=O) groups excluding carboxylic acids is 1. The number of aromatic nitrogens is 3. The Morgan fingerprint density at radius 1 is 1.19 bits per heavy atom. The summed E-state index contributed by atoms with van der Waals surface area (Å²) >= 11 is 0. The third kappa shape index (κ3) is 3.88. The van der Waals surface area contributed by atoms with Crippen LogP contribution in [0, 0.1) is 6.92 Å². The molecule has 5 rings (SSSR count). The van der Waals surface area contributed by atoms with E-state index in [1.54, 1.807) is 10.7 Å². The molecular formula is C23H28N6O2. The van der Waals surface area contributed by atoms with Crippen molar-refractivity contribution in [1.29, 1.82) is 0 Å². The maximum absolute atomic E-state index is 13.3. The van der Waals surface area contributed by atoms with Crippen LogP contribution in [0.3, 0.4) is 0 Å². The van der Waals surface area contributed by atoms with Gasteiger partial charge in [-0.05, 0) is 30.9 Å². The Hall–Kier alpha value is -2.97. The monoisotopic (exact) mass is 420 g/mol. The Morgan fingerprint density at radius 2 is 1.94 bits per heavy atom. The van der Waals surface area contributed by atoms with Gasteiger partial charge in [0.1, 0.15) is 11.8 Å². The van der Waals surface area contributed by atoms with E-state index in [1.807, 2.05) is 42.2 Å². The van der Waals surface area contributed by atoms with Crippen molar-refractivity contribution >= 4 is 17.2 Å². The van der Waals surface area contributed by atoms with Gasteiger partial charge in [-0.2, -0.15) is 5.10 Å². The van der Waals surface area contributed by atoms with E-state index >= 15 is 0 Å². The van der Waals surface area contributed by atoms with E-state index in [9.17, 15) is 9.90 Å². The zero-order chi connectivity index (χ0) is 21.4. The van der Waals surface area contributed by atoms with Gasteiger partial charge >= 0.3 is 0 Å². The fourth-order valence-corrected chi connectivity index (χ4v) is 4.47. The number of amides is 1. The largest absolute Gasteiger partial charge is 0.394 e. The Kier molecular flexibility index (Phi) is 5.33. The molecule has 2 aromatic heterocycles. The SMILES string of the molecule is Cc1c(C(=O)N2CCN(C3CC3)CC2)cn2ncnc(N[C@H](CO)c3ccccc3)c12. The fourth-order valence-electron chi connectivity index (χ4n) is 4.47. The van der Waals surface area contributed by atoms with Crippen molar-refractivity contribution in [2.75, 3.05) is 38.1 Å². The third-order valence-electron chi connectivity index (χ3n) is 6.42. The fraction of sp³-hybridized carbons (Fsp3) is 0.435. The van der Waals surface area contributed by atoms with Crippen molar-refractivity contribution in [3.8, 4) is 0 Å². The summed E-state index contributed by atoms with van der Waals surface area (Å²) in [7, 11) is 0. The maximum atomic E-state index is 13.3. The number of aliphatic hydroxyl groups is 1. The summed E-state index contributed by atoms with van der Waals surface area (Å²) in [4.78, 5) is 22.1. The van der Waals surface area contributed by atoms with E-state index in [0.717, 1.165) is 48.9 Å². The quantitative estimate of drug-likeness (QED) is 0.635. The standard InChI is InChI=1S/C23H28N6O2/c1-16-19(23(31)28-11-9-27(10-12-28)18-7-8-18)13-29-21(16)22(24-15-25-29)26-20(14-30)17-5-3-2-4-6-17/h2-6,13,15,18,20,30H,7-12,14H2,1H3,(H,24,25,26)/t20-/m1/s1. The number of benzene rings is 1. The topological polar surface area (TPSA) is 86.0 Å². The van der Waals surface area contributed by atoms with Crippen molar-refractivity contribution in [1.82, 2.24) is 24.4 Å². The van der Waals surface area contributed by atoms with Gasteiger partial charge in [-0.3, -0.25) is 9.69 Å². The zero-order valence-corrected chi connectivity index (χ0v) is 17.7. The van der Waals surface area contributed by atoms with Crippen molar-refractivity contribution in [2.24, 2.45) is 0 Å². The number of aliphatic hydroxyl groups excluding tert-OH is 1. The van der Waals surface area contributed by atoms with Gasteiger partial charge < -0.3 is 15.3 Å². The molecule has 162 valence electrons. The van der Waals surface area contributed by atoms with Crippen LogP contribution in [-0.4, -0.2) is 74.2 Å². The van der Waals surface area contributed by atoms with E-state index in [4.69, 9.17) is 0 Å². The number of anilines is 1. The Labute approximate surface area is 181 Å². The highest BCUT2D eigenvalue weighted by atomic mass is 16.3. The Bertz CT molecular complexity index is 1070. The molecule has 0 spiro atoms. The van der Waals surface area contributed by atoms with Gasteiger partial charge in [-0.1, -0.05) is 30.3 Å². The van der Waals surface area contributed by atoms with E-state index in [2.05, 4.69) is 20.3 Å². The van der Waals surface area contributed by atoms with Crippen LogP contribution in [-0.2, 0) is 0 Å². The molecule has 0 unspecified atom stereocenters. The van der Waals surface area contributed by atoms with Crippen LogP contribution in [0.15, 0.2) is 42.9 Å². The minimum absolute atomic E-state index is 0.0474. The highest BCUT2D eigenvalue weighted by molar-refractivity contribution is 5.99. The summed E-state index contributed by atoms with van der Waals surface area (Å²) < 4.78 is 1.71. The predicted molar refractivity (Wildman–Crippen MR) is 118 cm³/mol. The molecule has 1 aliphatic carbocycles. The van der Waals surface area contributed by atoms with Gasteiger partial charge in [0, 0.05) is 38.4 Å². The molecule has 31 heavy (non-hydrogen) atoms. The van der Waals surface area contributed by atoms with E-state index in [-0.39, 0.29) is 18.6 Å². The lowest BCUT2D eigenvalue weighted by atomic mass is 10.1. The van der Waals surface area contributed by atoms with Crippen molar-refractivity contribution in [3.63, 3.8) is 0 Å². The highest BCUT2D eigenvalue weighted by Crippen LogP contribution is 2.29. The molecule has 1 amide bonds. The Morgan fingerprint density at radius 3 is 2.61 bits per heavy atom. The van der Waals surface area contributed by atoms with Crippen molar-refractivity contribution in [3.05, 3.63) is 59.5 Å². The van der Waals surface area contributed by atoms with Crippen molar-refractivity contribution in [2.45, 2.75) is 31.8 Å². The predicted octanol–water partition coefficient (Wildman–Crippen LogP) is 2.10. The number of nitrogens with zero attached hydrogens (tertiary/aromatic N) is 5.